The highest BCUT2D eigenvalue weighted by molar-refractivity contribution is 5.83. The zero-order chi connectivity index (χ0) is 16.9. The van der Waals surface area contributed by atoms with Crippen molar-refractivity contribution in [3.8, 4) is 5.75 Å². The number of unbranched alkanes of at least 4 members (excludes halogenated alkanes) is 1. The van der Waals surface area contributed by atoms with Gasteiger partial charge in [0.05, 0.1) is 18.8 Å². The SMILES string of the molecule is CCCCc1nc(CN2CC(C(=O)NC)Oc3ccccc32)no1. The quantitative estimate of drug-likeness (QED) is 0.872. The standard InChI is InChI=1S/C17H22N4O3/c1-3-4-9-16-19-15(20-24-16)11-21-10-14(17(22)18-2)23-13-8-6-5-7-12(13)21/h5-8,14H,3-4,9-11H2,1-2H3,(H,18,22). The van der Waals surface area contributed by atoms with E-state index >= 15 is 0 Å². The highest BCUT2D eigenvalue weighted by Crippen LogP contribution is 2.33. The van der Waals surface area contributed by atoms with Crippen molar-refractivity contribution in [3.05, 3.63) is 36.0 Å². The number of nitrogens with one attached hydrogen (secondary N) is 1. The van der Waals surface area contributed by atoms with Crippen molar-refractivity contribution in [1.29, 1.82) is 0 Å². The summed E-state index contributed by atoms with van der Waals surface area (Å²) in [5.41, 5.74) is 0.928. The normalized spacial score (nSPS) is 16.4. The number of fused-ring (bicyclic) bond motifs is 1. The second-order valence-electron chi connectivity index (χ2n) is 5.78. The first-order valence-electron chi connectivity index (χ1n) is 8.25. The molecule has 1 aliphatic rings. The van der Waals surface area contributed by atoms with Gasteiger partial charge in [-0.2, -0.15) is 4.98 Å². The number of para-hydroxylation sites is 2. The molecule has 0 radical (unpaired) electrons. The zero-order valence-electron chi connectivity index (χ0n) is 14.0. The molecule has 2 heterocycles. The summed E-state index contributed by atoms with van der Waals surface area (Å²) in [6.07, 6.45) is 2.35. The molecule has 0 spiro atoms. The third-order valence-electron chi connectivity index (χ3n) is 3.99. The highest BCUT2D eigenvalue weighted by atomic mass is 16.5. The second-order valence-corrected chi connectivity index (χ2v) is 5.78. The molecule has 128 valence electrons. The van der Waals surface area contributed by atoms with E-state index in [2.05, 4.69) is 22.4 Å². The zero-order valence-corrected chi connectivity index (χ0v) is 14.0. The molecule has 0 saturated heterocycles. The van der Waals surface area contributed by atoms with E-state index in [0.29, 0.717) is 30.6 Å². The van der Waals surface area contributed by atoms with Crippen molar-refractivity contribution in [2.24, 2.45) is 0 Å². The average Bonchev–Trinajstić information content (AvgIpc) is 3.06. The van der Waals surface area contributed by atoms with Crippen LogP contribution in [0.4, 0.5) is 5.69 Å². The van der Waals surface area contributed by atoms with Crippen LogP contribution >= 0.6 is 0 Å². The van der Waals surface area contributed by atoms with Gasteiger partial charge in [0.15, 0.2) is 11.9 Å². The van der Waals surface area contributed by atoms with Crippen LogP contribution in [-0.4, -0.2) is 35.7 Å². The Balaban J connectivity index is 1.78. The number of carbonyl (C=O) groups is 1. The third-order valence-corrected chi connectivity index (χ3v) is 3.99. The summed E-state index contributed by atoms with van der Waals surface area (Å²) in [7, 11) is 1.61. The maximum Gasteiger partial charge on any atom is 0.262 e. The number of ether oxygens (including phenoxy) is 1. The number of hydrogen-bond acceptors (Lipinski definition) is 6. The second kappa shape index (κ2) is 7.33. The lowest BCUT2D eigenvalue weighted by atomic mass is 10.1. The first kappa shape index (κ1) is 16.3. The number of anilines is 1. The maximum absolute atomic E-state index is 12.0. The molecule has 1 amide bonds. The first-order valence-corrected chi connectivity index (χ1v) is 8.25. The van der Waals surface area contributed by atoms with Crippen LogP contribution in [-0.2, 0) is 17.8 Å². The monoisotopic (exact) mass is 330 g/mol. The molecule has 7 nitrogen and oxygen atoms in total. The minimum atomic E-state index is -0.559. The summed E-state index contributed by atoms with van der Waals surface area (Å²) in [6, 6.07) is 7.66. The molecule has 1 aliphatic heterocycles. The molecular formula is C17H22N4O3. The number of benzene rings is 1. The van der Waals surface area contributed by atoms with Crippen molar-refractivity contribution < 1.29 is 14.1 Å². The molecule has 24 heavy (non-hydrogen) atoms. The van der Waals surface area contributed by atoms with Crippen LogP contribution in [0.2, 0.25) is 0 Å². The number of nitrogens with zero attached hydrogens (tertiary/aromatic N) is 3. The molecule has 0 saturated carbocycles. The maximum atomic E-state index is 12.0. The van der Waals surface area contributed by atoms with Crippen LogP contribution in [0.25, 0.3) is 0 Å². The Morgan fingerprint density at radius 1 is 1.42 bits per heavy atom. The van der Waals surface area contributed by atoms with Crippen LogP contribution in [0.3, 0.4) is 0 Å². The van der Waals surface area contributed by atoms with E-state index in [1.807, 2.05) is 29.2 Å². The molecule has 0 fully saturated rings. The van der Waals surface area contributed by atoms with Crippen LogP contribution in [0.1, 0.15) is 31.5 Å². The third kappa shape index (κ3) is 3.50. The van der Waals surface area contributed by atoms with E-state index in [-0.39, 0.29) is 5.91 Å². The molecule has 7 heteroatoms. The number of amides is 1. The molecule has 0 aliphatic carbocycles. The summed E-state index contributed by atoms with van der Waals surface area (Å²) < 4.78 is 11.1. The van der Waals surface area contributed by atoms with E-state index in [1.54, 1.807) is 7.05 Å². The molecule has 2 aromatic rings. The van der Waals surface area contributed by atoms with E-state index in [4.69, 9.17) is 9.26 Å². The van der Waals surface area contributed by atoms with Crippen LogP contribution in [0.5, 0.6) is 5.75 Å². The van der Waals surface area contributed by atoms with Crippen LogP contribution in [0, 0.1) is 0 Å². The fourth-order valence-corrected chi connectivity index (χ4v) is 2.71. The molecule has 1 N–H and O–H groups in total. The molecule has 1 atom stereocenters. The van der Waals surface area contributed by atoms with E-state index in [9.17, 15) is 4.79 Å². The van der Waals surface area contributed by atoms with Gasteiger partial charge >= 0.3 is 0 Å². The predicted octanol–water partition coefficient (Wildman–Crippen LogP) is 1.93. The van der Waals surface area contributed by atoms with Crippen molar-refractivity contribution in [1.82, 2.24) is 15.5 Å². The van der Waals surface area contributed by atoms with E-state index in [1.165, 1.54) is 0 Å². The molecular weight excluding hydrogens is 308 g/mol. The summed E-state index contributed by atoms with van der Waals surface area (Å²) >= 11 is 0. The molecule has 1 aromatic heterocycles. The molecule has 3 rings (SSSR count). The lowest BCUT2D eigenvalue weighted by Crippen LogP contribution is -2.48. The Kier molecular flexibility index (Phi) is 4.98. The van der Waals surface area contributed by atoms with E-state index in [0.717, 1.165) is 24.9 Å². The fourth-order valence-electron chi connectivity index (χ4n) is 2.71. The smallest absolute Gasteiger partial charge is 0.262 e. The van der Waals surface area contributed by atoms with Gasteiger partial charge in [-0.25, -0.2) is 0 Å². The highest BCUT2D eigenvalue weighted by Gasteiger charge is 2.30. The Labute approximate surface area is 141 Å². The number of hydrogen-bond donors (Lipinski definition) is 1. The van der Waals surface area contributed by atoms with Crippen molar-refractivity contribution in [2.45, 2.75) is 38.8 Å². The van der Waals surface area contributed by atoms with Gasteiger partial charge in [0.25, 0.3) is 5.91 Å². The summed E-state index contributed by atoms with van der Waals surface area (Å²) in [6.45, 7) is 3.04. The predicted molar refractivity (Wildman–Crippen MR) is 88.9 cm³/mol. The van der Waals surface area contributed by atoms with Gasteiger partial charge < -0.3 is 19.5 Å². The Hall–Kier alpha value is -2.57. The van der Waals surface area contributed by atoms with Crippen molar-refractivity contribution >= 4 is 11.6 Å². The Bertz CT molecular complexity index is 701. The van der Waals surface area contributed by atoms with Crippen molar-refractivity contribution in [2.75, 3.05) is 18.5 Å². The Morgan fingerprint density at radius 2 is 2.25 bits per heavy atom. The molecule has 1 aromatic carbocycles. The van der Waals surface area contributed by atoms with Crippen molar-refractivity contribution in [3.63, 3.8) is 0 Å². The number of aromatic nitrogens is 2. The van der Waals surface area contributed by atoms with Gasteiger partial charge in [0.1, 0.15) is 5.75 Å². The van der Waals surface area contributed by atoms with Gasteiger partial charge in [-0.3, -0.25) is 4.79 Å². The largest absolute Gasteiger partial charge is 0.477 e. The average molecular weight is 330 g/mol. The van der Waals surface area contributed by atoms with Gasteiger partial charge in [-0.1, -0.05) is 30.6 Å². The van der Waals surface area contributed by atoms with Crippen LogP contribution in [0.15, 0.2) is 28.8 Å². The minimum Gasteiger partial charge on any atom is -0.477 e. The summed E-state index contributed by atoms with van der Waals surface area (Å²) in [5.74, 6) is 1.82. The molecule has 1 unspecified atom stereocenters. The number of likely N-dealkylation sites (N-methyl/N-ethyl adjacent to an activating group) is 1. The lowest BCUT2D eigenvalue weighted by Gasteiger charge is -2.34. The first-order chi connectivity index (χ1) is 11.7. The number of rotatable bonds is 6. The minimum absolute atomic E-state index is 0.147. The lowest BCUT2D eigenvalue weighted by molar-refractivity contribution is -0.127. The van der Waals surface area contributed by atoms with Gasteiger partial charge in [-0.15, -0.1) is 0 Å². The van der Waals surface area contributed by atoms with Gasteiger partial charge in [-0.05, 0) is 18.6 Å². The summed E-state index contributed by atoms with van der Waals surface area (Å²) in [5, 5.41) is 6.69. The number of carbonyl (C=O) groups excluding carboxylic acids is 1. The fraction of sp³-hybridized carbons (Fsp3) is 0.471. The van der Waals surface area contributed by atoms with Gasteiger partial charge in [0, 0.05) is 13.5 Å². The molecule has 0 bridgehead atoms. The van der Waals surface area contributed by atoms with Gasteiger partial charge in [0.2, 0.25) is 5.89 Å². The number of aryl methyl sites for hydroxylation is 1. The van der Waals surface area contributed by atoms with Crippen LogP contribution < -0.4 is 15.0 Å². The Morgan fingerprint density at radius 3 is 3.04 bits per heavy atom. The topological polar surface area (TPSA) is 80.5 Å². The summed E-state index contributed by atoms with van der Waals surface area (Å²) in [4.78, 5) is 18.5. The van der Waals surface area contributed by atoms with E-state index < -0.39 is 6.10 Å².